The molecule has 8 nitrogen and oxygen atoms in total. The van der Waals surface area contributed by atoms with Crippen LogP contribution in [0.5, 0.6) is 0 Å². The second-order valence-corrected chi connectivity index (χ2v) is 6.51. The molecular formula is C20H22N6O2. The van der Waals surface area contributed by atoms with E-state index in [2.05, 4.69) is 20.7 Å². The van der Waals surface area contributed by atoms with Crippen molar-refractivity contribution in [3.63, 3.8) is 0 Å². The van der Waals surface area contributed by atoms with Crippen molar-refractivity contribution in [3.05, 3.63) is 71.7 Å². The third kappa shape index (κ3) is 4.53. The van der Waals surface area contributed by atoms with Crippen molar-refractivity contribution in [1.82, 2.24) is 25.0 Å². The van der Waals surface area contributed by atoms with Crippen LogP contribution >= 0.6 is 0 Å². The maximum absolute atomic E-state index is 12.3. The molecule has 2 aromatic heterocycles. The van der Waals surface area contributed by atoms with Crippen molar-refractivity contribution >= 4 is 17.6 Å². The van der Waals surface area contributed by atoms with Gasteiger partial charge in [0.25, 0.3) is 5.91 Å². The molecule has 0 unspecified atom stereocenters. The molecular weight excluding hydrogens is 356 g/mol. The molecule has 0 bridgehead atoms. The number of nitrogens with one attached hydrogen (secondary N) is 2. The van der Waals surface area contributed by atoms with E-state index < -0.39 is 0 Å². The number of pyridine rings is 1. The highest BCUT2D eigenvalue weighted by molar-refractivity contribution is 5.97. The Kier molecular flexibility index (Phi) is 5.69. The van der Waals surface area contributed by atoms with Gasteiger partial charge in [-0.2, -0.15) is 5.10 Å². The average Bonchev–Trinajstić information content (AvgIpc) is 3.22. The van der Waals surface area contributed by atoms with Gasteiger partial charge in [-0.3, -0.25) is 4.79 Å². The van der Waals surface area contributed by atoms with Crippen LogP contribution in [0.3, 0.4) is 0 Å². The molecule has 0 saturated carbocycles. The van der Waals surface area contributed by atoms with Crippen molar-refractivity contribution in [2.45, 2.75) is 13.5 Å². The van der Waals surface area contributed by atoms with Gasteiger partial charge in [0.2, 0.25) is 0 Å². The first-order chi connectivity index (χ1) is 13.4. The lowest BCUT2D eigenvalue weighted by atomic mass is 10.1. The largest absolute Gasteiger partial charge is 0.345 e. The summed E-state index contributed by atoms with van der Waals surface area (Å²) in [6.45, 7) is 2.21. The fraction of sp³-hybridized carbons (Fsp3) is 0.200. The van der Waals surface area contributed by atoms with Crippen LogP contribution in [0.2, 0.25) is 0 Å². The van der Waals surface area contributed by atoms with Crippen molar-refractivity contribution in [2.75, 3.05) is 19.4 Å². The first-order valence-electron chi connectivity index (χ1n) is 8.76. The molecule has 0 spiro atoms. The van der Waals surface area contributed by atoms with E-state index in [9.17, 15) is 9.59 Å². The van der Waals surface area contributed by atoms with E-state index >= 15 is 0 Å². The number of amides is 3. The summed E-state index contributed by atoms with van der Waals surface area (Å²) >= 11 is 0. The lowest BCUT2D eigenvalue weighted by Crippen LogP contribution is -2.29. The van der Waals surface area contributed by atoms with Gasteiger partial charge >= 0.3 is 6.03 Å². The van der Waals surface area contributed by atoms with Crippen molar-refractivity contribution < 1.29 is 9.59 Å². The number of carbonyl (C=O) groups excluding carboxylic acids is 2. The molecule has 0 atom stereocenters. The Morgan fingerprint density at radius 1 is 1.14 bits per heavy atom. The average molecular weight is 378 g/mol. The molecule has 0 aliphatic rings. The molecule has 0 saturated heterocycles. The number of urea groups is 1. The number of aryl methyl sites for hydroxylation is 1. The molecule has 144 valence electrons. The summed E-state index contributed by atoms with van der Waals surface area (Å²) in [6.07, 6.45) is 5.15. The van der Waals surface area contributed by atoms with E-state index in [-0.39, 0.29) is 11.9 Å². The summed E-state index contributed by atoms with van der Waals surface area (Å²) in [5.74, 6) is 0.557. The summed E-state index contributed by atoms with van der Waals surface area (Å²) in [5, 5.41) is 9.77. The Labute approximate surface area is 163 Å². The standard InChI is InChI=1S/C20H22N6O2/c1-14-5-6-16(19(27)25(2)3)12-17(14)24-20(28)22-13-15-7-9-21-18(11-15)26-10-4-8-23-26/h4-12H,13H2,1-3H3,(H2,22,24,28). The SMILES string of the molecule is Cc1ccc(C(=O)N(C)C)cc1NC(=O)NCc1ccnc(-n2cccn2)c1. The molecule has 8 heteroatoms. The van der Waals surface area contributed by atoms with Gasteiger partial charge < -0.3 is 15.5 Å². The van der Waals surface area contributed by atoms with Crippen LogP contribution < -0.4 is 10.6 Å². The van der Waals surface area contributed by atoms with Crippen LogP contribution in [0.4, 0.5) is 10.5 Å². The van der Waals surface area contributed by atoms with Crippen molar-refractivity contribution in [1.29, 1.82) is 0 Å². The number of aromatic nitrogens is 3. The Hall–Kier alpha value is -3.68. The number of anilines is 1. The molecule has 0 aliphatic heterocycles. The Bertz CT molecular complexity index is 982. The molecule has 0 fully saturated rings. The highest BCUT2D eigenvalue weighted by Crippen LogP contribution is 2.18. The minimum absolute atomic E-state index is 0.119. The monoisotopic (exact) mass is 378 g/mol. The minimum atomic E-state index is -0.352. The van der Waals surface area contributed by atoms with Gasteiger partial charge in [0.1, 0.15) is 0 Å². The number of benzene rings is 1. The fourth-order valence-electron chi connectivity index (χ4n) is 2.60. The maximum Gasteiger partial charge on any atom is 0.319 e. The van der Waals surface area contributed by atoms with Gasteiger partial charge in [-0.25, -0.2) is 14.5 Å². The van der Waals surface area contributed by atoms with Crippen LogP contribution in [0.1, 0.15) is 21.5 Å². The van der Waals surface area contributed by atoms with E-state index in [1.165, 1.54) is 4.90 Å². The molecule has 0 aliphatic carbocycles. The Morgan fingerprint density at radius 2 is 1.96 bits per heavy atom. The minimum Gasteiger partial charge on any atom is -0.345 e. The summed E-state index contributed by atoms with van der Waals surface area (Å²) < 4.78 is 1.65. The third-order valence-corrected chi connectivity index (χ3v) is 4.14. The maximum atomic E-state index is 12.3. The second kappa shape index (κ2) is 8.34. The summed E-state index contributed by atoms with van der Waals surface area (Å²) in [4.78, 5) is 30.2. The van der Waals surface area contributed by atoms with E-state index in [1.54, 1.807) is 49.5 Å². The molecule has 2 heterocycles. The van der Waals surface area contributed by atoms with Crippen molar-refractivity contribution in [2.24, 2.45) is 0 Å². The highest BCUT2D eigenvalue weighted by atomic mass is 16.2. The molecule has 1 aromatic carbocycles. The Balaban J connectivity index is 1.64. The predicted molar refractivity (Wildman–Crippen MR) is 106 cm³/mol. The normalized spacial score (nSPS) is 10.4. The first-order valence-corrected chi connectivity index (χ1v) is 8.76. The third-order valence-electron chi connectivity index (χ3n) is 4.14. The van der Waals surface area contributed by atoms with E-state index in [0.29, 0.717) is 23.6 Å². The van der Waals surface area contributed by atoms with Crippen LogP contribution in [-0.2, 0) is 6.54 Å². The Morgan fingerprint density at radius 3 is 2.68 bits per heavy atom. The zero-order valence-corrected chi connectivity index (χ0v) is 16.0. The van der Waals surface area contributed by atoms with Crippen LogP contribution in [0.15, 0.2) is 55.0 Å². The van der Waals surface area contributed by atoms with E-state index in [4.69, 9.17) is 0 Å². The smallest absolute Gasteiger partial charge is 0.319 e. The summed E-state index contributed by atoms with van der Waals surface area (Å²) in [5.41, 5.74) is 2.88. The second-order valence-electron chi connectivity index (χ2n) is 6.51. The van der Waals surface area contributed by atoms with Gasteiger partial charge in [-0.15, -0.1) is 0 Å². The number of rotatable bonds is 5. The quantitative estimate of drug-likeness (QED) is 0.714. The zero-order valence-electron chi connectivity index (χ0n) is 16.0. The van der Waals surface area contributed by atoms with E-state index in [0.717, 1.165) is 11.1 Å². The summed E-state index contributed by atoms with van der Waals surface area (Å²) in [6, 6.07) is 10.4. The highest BCUT2D eigenvalue weighted by Gasteiger charge is 2.11. The van der Waals surface area contributed by atoms with Crippen molar-refractivity contribution in [3.8, 4) is 5.82 Å². The van der Waals surface area contributed by atoms with E-state index in [1.807, 2.05) is 31.2 Å². The van der Waals surface area contributed by atoms with Crippen LogP contribution in [0.25, 0.3) is 5.82 Å². The molecule has 2 N–H and O–H groups in total. The van der Waals surface area contributed by atoms with Gasteiger partial charge in [0.15, 0.2) is 5.82 Å². The number of nitrogens with zero attached hydrogens (tertiary/aromatic N) is 4. The van der Waals surface area contributed by atoms with Gasteiger partial charge in [0.05, 0.1) is 0 Å². The van der Waals surface area contributed by atoms with Crippen LogP contribution in [0, 0.1) is 6.92 Å². The molecule has 3 amide bonds. The lowest BCUT2D eigenvalue weighted by Gasteiger charge is -2.14. The molecule has 0 radical (unpaired) electrons. The molecule has 28 heavy (non-hydrogen) atoms. The predicted octanol–water partition coefficient (Wildman–Crippen LogP) is 2.60. The van der Waals surface area contributed by atoms with Gasteiger partial charge in [-0.1, -0.05) is 6.07 Å². The number of carbonyl (C=O) groups is 2. The summed E-state index contributed by atoms with van der Waals surface area (Å²) in [7, 11) is 3.38. The fourth-order valence-corrected chi connectivity index (χ4v) is 2.60. The zero-order chi connectivity index (χ0) is 20.1. The van der Waals surface area contributed by atoms with Crippen LogP contribution in [-0.4, -0.2) is 45.7 Å². The molecule has 3 rings (SSSR count). The lowest BCUT2D eigenvalue weighted by molar-refractivity contribution is 0.0827. The van der Waals surface area contributed by atoms with Gasteiger partial charge in [0, 0.05) is 50.5 Å². The van der Waals surface area contributed by atoms with Gasteiger partial charge in [-0.05, 0) is 48.4 Å². The number of hydrogen-bond donors (Lipinski definition) is 2. The number of hydrogen-bond acceptors (Lipinski definition) is 4. The topological polar surface area (TPSA) is 92.2 Å². The molecule has 3 aromatic rings. The first kappa shape index (κ1) is 19.1.